The molecule has 3 aromatic heterocycles. The molecule has 232 valence electrons. The van der Waals surface area contributed by atoms with Crippen molar-refractivity contribution in [2.45, 2.75) is 0 Å². The Kier molecular flexibility index (Phi) is 5.63. The molecule has 0 radical (unpaired) electrons. The SMILES string of the molecule is c1ccc(-c2nc(-n3c4ccccc4c4cc(-c5cc6ccc7oc8ccccc8c7c6c6ccccc56)ccc43)nc3ccccc23)cc1. The van der Waals surface area contributed by atoms with Gasteiger partial charge in [-0.25, -0.2) is 9.97 Å². The lowest BCUT2D eigenvalue weighted by atomic mass is 9.91. The van der Waals surface area contributed by atoms with Crippen LogP contribution in [0.4, 0.5) is 0 Å². The molecule has 3 heterocycles. The summed E-state index contributed by atoms with van der Waals surface area (Å²) in [6.45, 7) is 0. The Hall–Kier alpha value is -6.78. The van der Waals surface area contributed by atoms with Crippen molar-refractivity contribution in [3.05, 3.63) is 164 Å². The molecule has 0 aliphatic carbocycles. The molecule has 4 nitrogen and oxygen atoms in total. The zero-order valence-corrected chi connectivity index (χ0v) is 26.8. The molecule has 0 spiro atoms. The van der Waals surface area contributed by atoms with Crippen molar-refractivity contribution in [2.75, 3.05) is 0 Å². The summed E-state index contributed by atoms with van der Waals surface area (Å²) >= 11 is 0. The summed E-state index contributed by atoms with van der Waals surface area (Å²) in [7, 11) is 0. The number of nitrogens with zero attached hydrogens (tertiary/aromatic N) is 3. The summed E-state index contributed by atoms with van der Waals surface area (Å²) in [6.07, 6.45) is 0. The average molecular weight is 638 g/mol. The number of furan rings is 1. The smallest absolute Gasteiger partial charge is 0.235 e. The van der Waals surface area contributed by atoms with Gasteiger partial charge in [0.15, 0.2) is 0 Å². The highest BCUT2D eigenvalue weighted by Gasteiger charge is 2.19. The highest BCUT2D eigenvalue weighted by Crippen LogP contribution is 2.43. The van der Waals surface area contributed by atoms with Gasteiger partial charge in [-0.15, -0.1) is 0 Å². The van der Waals surface area contributed by atoms with Gasteiger partial charge in [-0.1, -0.05) is 121 Å². The van der Waals surface area contributed by atoms with Crippen LogP contribution in [0.1, 0.15) is 0 Å². The lowest BCUT2D eigenvalue weighted by Gasteiger charge is -2.13. The molecule has 0 amide bonds. The van der Waals surface area contributed by atoms with Crippen LogP contribution in [0, 0.1) is 0 Å². The fraction of sp³-hybridized carbons (Fsp3) is 0. The van der Waals surface area contributed by atoms with Crippen LogP contribution in [-0.4, -0.2) is 14.5 Å². The molecule has 0 N–H and O–H groups in total. The Bertz CT molecular complexity index is 3150. The van der Waals surface area contributed by atoms with E-state index < -0.39 is 0 Å². The zero-order chi connectivity index (χ0) is 32.8. The van der Waals surface area contributed by atoms with Gasteiger partial charge >= 0.3 is 0 Å². The maximum atomic E-state index is 6.30. The molecule has 0 fully saturated rings. The predicted octanol–water partition coefficient (Wildman–Crippen LogP) is 12.3. The molecule has 0 saturated heterocycles. The molecule has 0 bridgehead atoms. The van der Waals surface area contributed by atoms with Crippen LogP contribution in [0.25, 0.3) is 105 Å². The second-order valence-electron chi connectivity index (χ2n) is 12.9. The van der Waals surface area contributed by atoms with E-state index in [0.717, 1.165) is 55.1 Å². The van der Waals surface area contributed by atoms with Crippen LogP contribution in [0.15, 0.2) is 168 Å². The topological polar surface area (TPSA) is 43.9 Å². The van der Waals surface area contributed by atoms with Gasteiger partial charge in [0.05, 0.1) is 22.2 Å². The van der Waals surface area contributed by atoms with Gasteiger partial charge in [0.25, 0.3) is 0 Å². The molecule has 0 atom stereocenters. The van der Waals surface area contributed by atoms with Crippen molar-refractivity contribution in [2.24, 2.45) is 0 Å². The average Bonchev–Trinajstić information content (AvgIpc) is 3.73. The van der Waals surface area contributed by atoms with Crippen LogP contribution in [-0.2, 0) is 0 Å². The molecular formula is C46H27N3O. The molecule has 50 heavy (non-hydrogen) atoms. The van der Waals surface area contributed by atoms with Crippen molar-refractivity contribution in [3.63, 3.8) is 0 Å². The van der Waals surface area contributed by atoms with E-state index in [1.807, 2.05) is 18.2 Å². The number of hydrogen-bond donors (Lipinski definition) is 0. The molecule has 0 unspecified atom stereocenters. The largest absolute Gasteiger partial charge is 0.456 e. The lowest BCUT2D eigenvalue weighted by Crippen LogP contribution is -2.03. The zero-order valence-electron chi connectivity index (χ0n) is 26.8. The van der Waals surface area contributed by atoms with E-state index in [0.29, 0.717) is 5.95 Å². The molecular weight excluding hydrogens is 611 g/mol. The third-order valence-corrected chi connectivity index (χ3v) is 10.2. The van der Waals surface area contributed by atoms with Crippen LogP contribution in [0.5, 0.6) is 0 Å². The monoisotopic (exact) mass is 637 g/mol. The summed E-state index contributed by atoms with van der Waals surface area (Å²) in [6, 6.07) is 57.8. The lowest BCUT2D eigenvalue weighted by molar-refractivity contribution is 0.669. The van der Waals surface area contributed by atoms with Gasteiger partial charge in [-0.05, 0) is 69.8 Å². The van der Waals surface area contributed by atoms with Crippen molar-refractivity contribution in [1.82, 2.24) is 14.5 Å². The highest BCUT2D eigenvalue weighted by molar-refractivity contribution is 6.28. The Morgan fingerprint density at radius 1 is 0.420 bits per heavy atom. The number of rotatable bonds is 3. The van der Waals surface area contributed by atoms with Crippen molar-refractivity contribution in [3.8, 4) is 28.3 Å². The van der Waals surface area contributed by atoms with E-state index in [9.17, 15) is 0 Å². The van der Waals surface area contributed by atoms with E-state index in [1.165, 1.54) is 43.4 Å². The van der Waals surface area contributed by atoms with Gasteiger partial charge in [-0.2, -0.15) is 0 Å². The van der Waals surface area contributed by atoms with Crippen LogP contribution in [0.3, 0.4) is 0 Å². The molecule has 11 rings (SSSR count). The first kappa shape index (κ1) is 27.2. The van der Waals surface area contributed by atoms with E-state index in [2.05, 4.69) is 150 Å². The molecule has 4 heteroatoms. The van der Waals surface area contributed by atoms with Gasteiger partial charge in [-0.3, -0.25) is 4.57 Å². The Balaban J connectivity index is 1.17. The van der Waals surface area contributed by atoms with Crippen LogP contribution >= 0.6 is 0 Å². The summed E-state index contributed by atoms with van der Waals surface area (Å²) in [5, 5.41) is 10.5. The quantitative estimate of drug-likeness (QED) is 0.181. The summed E-state index contributed by atoms with van der Waals surface area (Å²) in [5.41, 5.74) is 9.25. The third kappa shape index (κ3) is 3.87. The molecule has 11 aromatic rings. The number of hydrogen-bond acceptors (Lipinski definition) is 3. The van der Waals surface area contributed by atoms with Crippen molar-refractivity contribution >= 4 is 76.2 Å². The fourth-order valence-corrected chi connectivity index (χ4v) is 7.99. The number of para-hydroxylation sites is 3. The molecule has 8 aromatic carbocycles. The highest BCUT2D eigenvalue weighted by atomic mass is 16.3. The van der Waals surface area contributed by atoms with E-state index in [-0.39, 0.29) is 0 Å². The maximum absolute atomic E-state index is 6.30. The number of benzene rings is 8. The summed E-state index contributed by atoms with van der Waals surface area (Å²) in [5.74, 6) is 0.661. The minimum Gasteiger partial charge on any atom is -0.456 e. The number of fused-ring (bicyclic) bond motifs is 11. The standard InChI is InChI=1S/C46H27N3O/c1-2-12-28(13-3-1)45-34-17-6-9-19-38(34)47-46(48-45)49-39-20-10-7-15-32(39)37-26-29(22-24-40(37)49)36-27-30-23-25-42-44(35-18-8-11-21-41(35)50-42)43(30)33-16-5-4-14-31(33)36/h1-27H. The van der Waals surface area contributed by atoms with Crippen LogP contribution in [0.2, 0.25) is 0 Å². The van der Waals surface area contributed by atoms with Crippen LogP contribution < -0.4 is 0 Å². The molecule has 0 saturated carbocycles. The molecule has 0 aliphatic rings. The van der Waals surface area contributed by atoms with Gasteiger partial charge in [0.1, 0.15) is 11.2 Å². The normalized spacial score (nSPS) is 12.0. The third-order valence-electron chi connectivity index (χ3n) is 10.2. The first-order chi connectivity index (χ1) is 24.8. The Morgan fingerprint density at radius 2 is 1.12 bits per heavy atom. The van der Waals surface area contributed by atoms with Gasteiger partial charge < -0.3 is 4.42 Å². The van der Waals surface area contributed by atoms with E-state index in [4.69, 9.17) is 14.4 Å². The number of aromatic nitrogens is 3. The predicted molar refractivity (Wildman–Crippen MR) is 207 cm³/mol. The maximum Gasteiger partial charge on any atom is 0.235 e. The van der Waals surface area contributed by atoms with Gasteiger partial charge in [0, 0.05) is 37.9 Å². The minimum absolute atomic E-state index is 0.661. The van der Waals surface area contributed by atoms with Crippen molar-refractivity contribution < 1.29 is 4.42 Å². The summed E-state index contributed by atoms with van der Waals surface area (Å²) < 4.78 is 8.51. The Labute approximate surface area is 286 Å². The Morgan fingerprint density at radius 3 is 2.00 bits per heavy atom. The summed E-state index contributed by atoms with van der Waals surface area (Å²) in [4.78, 5) is 10.4. The van der Waals surface area contributed by atoms with Gasteiger partial charge in [0.2, 0.25) is 5.95 Å². The van der Waals surface area contributed by atoms with E-state index >= 15 is 0 Å². The second kappa shape index (κ2) is 10.4. The van der Waals surface area contributed by atoms with E-state index in [1.54, 1.807) is 0 Å². The minimum atomic E-state index is 0.661. The first-order valence-electron chi connectivity index (χ1n) is 16.9. The molecule has 0 aliphatic heterocycles. The first-order valence-corrected chi connectivity index (χ1v) is 16.9. The fourth-order valence-electron chi connectivity index (χ4n) is 7.99. The van der Waals surface area contributed by atoms with Crippen molar-refractivity contribution in [1.29, 1.82) is 0 Å². The second-order valence-corrected chi connectivity index (χ2v) is 12.9.